The van der Waals surface area contributed by atoms with Crippen LogP contribution in [0.4, 0.5) is 0 Å². The van der Waals surface area contributed by atoms with Gasteiger partial charge in [-0.05, 0) is 54.5 Å². The lowest BCUT2D eigenvalue weighted by molar-refractivity contribution is 0.0794. The molecule has 1 aliphatic heterocycles. The molecule has 1 aromatic heterocycles. The van der Waals surface area contributed by atoms with Gasteiger partial charge in [0.15, 0.2) is 0 Å². The van der Waals surface area contributed by atoms with E-state index in [1.807, 2.05) is 6.07 Å². The van der Waals surface area contributed by atoms with E-state index in [9.17, 15) is 9.90 Å². The summed E-state index contributed by atoms with van der Waals surface area (Å²) in [5.74, 6) is 0.435. The van der Waals surface area contributed by atoms with Gasteiger partial charge in [-0.1, -0.05) is 13.8 Å². The van der Waals surface area contributed by atoms with Gasteiger partial charge in [0.2, 0.25) is 0 Å². The molecule has 3 rings (SSSR count). The quantitative estimate of drug-likeness (QED) is 0.884. The minimum absolute atomic E-state index is 0.181. The fraction of sp³-hybridized carbons (Fsp3) is 0.526. The first-order chi connectivity index (χ1) is 10.9. The van der Waals surface area contributed by atoms with Crippen LogP contribution in [-0.4, -0.2) is 29.2 Å². The first-order valence-electron chi connectivity index (χ1n) is 8.41. The summed E-state index contributed by atoms with van der Waals surface area (Å²) in [5.41, 5.74) is 3.86. The molecule has 1 aromatic carbocycles. The average molecular weight is 315 g/mol. The Kier molecular flexibility index (Phi) is 4.55. The third kappa shape index (κ3) is 3.48. The first kappa shape index (κ1) is 16.2. The molecule has 0 amide bonds. The molecule has 0 spiro atoms. The molecule has 1 aliphatic rings. The minimum Gasteiger partial charge on any atom is -0.423 e. The molecule has 0 atom stereocenters. The highest BCUT2D eigenvalue weighted by Crippen LogP contribution is 2.27. The van der Waals surface area contributed by atoms with Crippen molar-refractivity contribution in [2.45, 2.75) is 52.2 Å². The Hall–Kier alpha value is -1.65. The largest absolute Gasteiger partial charge is 0.423 e. The number of nitrogens with zero attached hydrogens (tertiary/aromatic N) is 1. The Morgan fingerprint density at radius 3 is 2.61 bits per heavy atom. The van der Waals surface area contributed by atoms with Crippen molar-refractivity contribution in [3.8, 4) is 0 Å². The molecule has 1 N–H and O–H groups in total. The van der Waals surface area contributed by atoms with Gasteiger partial charge in [-0.25, -0.2) is 4.79 Å². The van der Waals surface area contributed by atoms with Gasteiger partial charge >= 0.3 is 5.63 Å². The van der Waals surface area contributed by atoms with Crippen molar-refractivity contribution in [1.29, 1.82) is 0 Å². The van der Waals surface area contributed by atoms with Gasteiger partial charge in [-0.3, -0.25) is 4.90 Å². The van der Waals surface area contributed by atoms with Crippen LogP contribution in [0.2, 0.25) is 0 Å². The highest BCUT2D eigenvalue weighted by Gasteiger charge is 2.19. The Bertz CT molecular complexity index is 755. The lowest BCUT2D eigenvalue weighted by atomic mass is 9.94. The number of aryl methyl sites for hydroxylation is 1. The van der Waals surface area contributed by atoms with E-state index in [2.05, 4.69) is 31.7 Å². The lowest BCUT2D eigenvalue weighted by Gasteiger charge is -2.29. The molecule has 0 bridgehead atoms. The van der Waals surface area contributed by atoms with Gasteiger partial charge in [-0.15, -0.1) is 0 Å². The maximum absolute atomic E-state index is 11.9. The second-order valence-corrected chi connectivity index (χ2v) is 6.96. The van der Waals surface area contributed by atoms with Gasteiger partial charge in [0.25, 0.3) is 0 Å². The predicted molar refractivity (Wildman–Crippen MR) is 91.8 cm³/mol. The molecule has 2 heterocycles. The van der Waals surface area contributed by atoms with Crippen LogP contribution in [0.3, 0.4) is 0 Å². The molecule has 0 saturated carbocycles. The number of fused-ring (bicyclic) bond motifs is 1. The summed E-state index contributed by atoms with van der Waals surface area (Å²) >= 11 is 0. The molecule has 1 saturated heterocycles. The second-order valence-electron chi connectivity index (χ2n) is 6.96. The third-order valence-electron chi connectivity index (χ3n) is 4.79. The number of piperidine rings is 1. The smallest absolute Gasteiger partial charge is 0.336 e. The van der Waals surface area contributed by atoms with Crippen LogP contribution in [0.1, 0.15) is 49.3 Å². The lowest BCUT2D eigenvalue weighted by Crippen LogP contribution is -2.35. The van der Waals surface area contributed by atoms with Crippen LogP contribution in [0.15, 0.2) is 27.4 Å². The Morgan fingerprint density at radius 1 is 1.26 bits per heavy atom. The van der Waals surface area contributed by atoms with Crippen LogP contribution >= 0.6 is 0 Å². The van der Waals surface area contributed by atoms with Crippen molar-refractivity contribution < 1.29 is 9.52 Å². The average Bonchev–Trinajstić information content (AvgIpc) is 2.48. The van der Waals surface area contributed by atoms with Crippen molar-refractivity contribution in [3.63, 3.8) is 0 Å². The number of likely N-dealkylation sites (tertiary alicyclic amines) is 1. The van der Waals surface area contributed by atoms with Crippen molar-refractivity contribution in [3.05, 3.63) is 45.3 Å². The number of hydrogen-bond donors (Lipinski definition) is 1. The standard InChI is InChI=1S/C19H25NO3/c1-12(2)16-10-17-14(11-20-6-4-15(21)5-7-20)9-19(22)23-18(17)8-13(16)3/h8-10,12,15,21H,4-7,11H2,1-3H3. The van der Waals surface area contributed by atoms with E-state index >= 15 is 0 Å². The zero-order valence-electron chi connectivity index (χ0n) is 14.1. The molecule has 0 radical (unpaired) electrons. The van der Waals surface area contributed by atoms with Crippen molar-refractivity contribution in [2.24, 2.45) is 0 Å². The summed E-state index contributed by atoms with van der Waals surface area (Å²) in [6, 6.07) is 5.77. The van der Waals surface area contributed by atoms with Gasteiger partial charge in [0.1, 0.15) is 5.58 Å². The summed E-state index contributed by atoms with van der Waals surface area (Å²) in [4.78, 5) is 14.2. The molecule has 4 heteroatoms. The Balaban J connectivity index is 2.01. The van der Waals surface area contributed by atoms with Crippen molar-refractivity contribution in [2.75, 3.05) is 13.1 Å². The summed E-state index contributed by atoms with van der Waals surface area (Å²) in [7, 11) is 0. The van der Waals surface area contributed by atoms with Crippen molar-refractivity contribution >= 4 is 11.0 Å². The van der Waals surface area contributed by atoms with Gasteiger partial charge in [-0.2, -0.15) is 0 Å². The molecule has 4 nitrogen and oxygen atoms in total. The van der Waals surface area contributed by atoms with Crippen LogP contribution < -0.4 is 5.63 Å². The summed E-state index contributed by atoms with van der Waals surface area (Å²) < 4.78 is 5.41. The van der Waals surface area contributed by atoms with E-state index in [1.54, 1.807) is 6.07 Å². The fourth-order valence-electron chi connectivity index (χ4n) is 3.46. The van der Waals surface area contributed by atoms with Gasteiger partial charge in [0.05, 0.1) is 6.10 Å². The molecule has 2 aromatic rings. The molecular weight excluding hydrogens is 290 g/mol. The van der Waals surface area contributed by atoms with Gasteiger partial charge in [0, 0.05) is 31.1 Å². The van der Waals surface area contributed by atoms with E-state index in [-0.39, 0.29) is 11.7 Å². The van der Waals surface area contributed by atoms with Crippen LogP contribution in [0, 0.1) is 6.92 Å². The maximum Gasteiger partial charge on any atom is 0.336 e. The van der Waals surface area contributed by atoms with E-state index in [0.717, 1.165) is 49.0 Å². The van der Waals surface area contributed by atoms with Crippen LogP contribution in [0.5, 0.6) is 0 Å². The zero-order valence-corrected chi connectivity index (χ0v) is 14.1. The number of aliphatic hydroxyl groups excluding tert-OH is 1. The van der Waals surface area contributed by atoms with Crippen LogP contribution in [-0.2, 0) is 6.54 Å². The number of benzene rings is 1. The van der Waals surface area contributed by atoms with E-state index in [0.29, 0.717) is 11.5 Å². The molecule has 1 fully saturated rings. The van der Waals surface area contributed by atoms with Gasteiger partial charge < -0.3 is 9.52 Å². The second kappa shape index (κ2) is 6.46. The summed E-state index contributed by atoms with van der Waals surface area (Å²) in [6.45, 7) is 8.89. The number of rotatable bonds is 3. The predicted octanol–water partition coefficient (Wildman–Crippen LogP) is 3.18. The topological polar surface area (TPSA) is 53.7 Å². The molecular formula is C19H25NO3. The molecule has 0 aliphatic carbocycles. The molecule has 0 unspecified atom stereocenters. The maximum atomic E-state index is 11.9. The summed E-state index contributed by atoms with van der Waals surface area (Å²) in [5, 5.41) is 10.7. The van der Waals surface area contributed by atoms with E-state index in [4.69, 9.17) is 4.42 Å². The van der Waals surface area contributed by atoms with Crippen LogP contribution in [0.25, 0.3) is 11.0 Å². The minimum atomic E-state index is -0.291. The highest BCUT2D eigenvalue weighted by atomic mass is 16.4. The molecule has 124 valence electrons. The number of aliphatic hydroxyl groups is 1. The highest BCUT2D eigenvalue weighted by molar-refractivity contribution is 5.82. The monoisotopic (exact) mass is 315 g/mol. The fourth-order valence-corrected chi connectivity index (χ4v) is 3.46. The zero-order chi connectivity index (χ0) is 16.6. The van der Waals surface area contributed by atoms with E-state index in [1.165, 1.54) is 5.56 Å². The third-order valence-corrected chi connectivity index (χ3v) is 4.79. The summed E-state index contributed by atoms with van der Waals surface area (Å²) in [6.07, 6.45) is 1.42. The Labute approximate surface area is 136 Å². The van der Waals surface area contributed by atoms with E-state index < -0.39 is 0 Å². The van der Waals surface area contributed by atoms with Crippen molar-refractivity contribution in [1.82, 2.24) is 4.90 Å². The SMILES string of the molecule is Cc1cc2oc(=O)cc(CN3CCC(O)CC3)c2cc1C(C)C. The molecule has 23 heavy (non-hydrogen) atoms. The number of hydrogen-bond acceptors (Lipinski definition) is 4. The Morgan fingerprint density at radius 2 is 1.96 bits per heavy atom. The first-order valence-corrected chi connectivity index (χ1v) is 8.41. The normalized spacial score (nSPS) is 17.3.